The van der Waals surface area contributed by atoms with Gasteiger partial charge in [0.1, 0.15) is 0 Å². The minimum atomic E-state index is -0.0903. The van der Waals surface area contributed by atoms with Gasteiger partial charge in [0.2, 0.25) is 0 Å². The second-order valence-corrected chi connectivity index (χ2v) is 4.02. The summed E-state index contributed by atoms with van der Waals surface area (Å²) < 4.78 is 4.60. The Morgan fingerprint density at radius 1 is 1.50 bits per heavy atom. The molecule has 0 heterocycles. The molecule has 0 aromatic rings. The average molecular weight is 199 g/mol. The number of rotatable bonds is 7. The number of carbonyl (C=O) groups excluding carboxylic acids is 1. The SMILES string of the molecule is CCN(CCCC(=O)OC)CC1CC1. The van der Waals surface area contributed by atoms with Gasteiger partial charge in [0, 0.05) is 13.0 Å². The van der Waals surface area contributed by atoms with Crippen molar-refractivity contribution in [3.05, 3.63) is 0 Å². The van der Waals surface area contributed by atoms with E-state index in [9.17, 15) is 4.79 Å². The van der Waals surface area contributed by atoms with Gasteiger partial charge in [0.25, 0.3) is 0 Å². The Morgan fingerprint density at radius 2 is 2.21 bits per heavy atom. The summed E-state index contributed by atoms with van der Waals surface area (Å²) in [6, 6.07) is 0. The van der Waals surface area contributed by atoms with Crippen LogP contribution in [0, 0.1) is 5.92 Å². The number of esters is 1. The van der Waals surface area contributed by atoms with Gasteiger partial charge < -0.3 is 9.64 Å². The van der Waals surface area contributed by atoms with E-state index in [1.165, 1.54) is 26.5 Å². The van der Waals surface area contributed by atoms with Crippen molar-refractivity contribution in [2.75, 3.05) is 26.7 Å². The molecule has 1 aliphatic carbocycles. The zero-order chi connectivity index (χ0) is 10.4. The summed E-state index contributed by atoms with van der Waals surface area (Å²) in [6.45, 7) is 5.53. The van der Waals surface area contributed by atoms with Crippen LogP contribution in [0.1, 0.15) is 32.6 Å². The van der Waals surface area contributed by atoms with Gasteiger partial charge in [-0.1, -0.05) is 6.92 Å². The molecule has 0 amide bonds. The molecule has 1 saturated carbocycles. The van der Waals surface area contributed by atoms with Crippen LogP contribution in [-0.2, 0) is 9.53 Å². The highest BCUT2D eigenvalue weighted by Gasteiger charge is 2.23. The van der Waals surface area contributed by atoms with Crippen LogP contribution in [0.2, 0.25) is 0 Å². The predicted octanol–water partition coefficient (Wildman–Crippen LogP) is 1.67. The zero-order valence-corrected chi connectivity index (χ0v) is 9.29. The van der Waals surface area contributed by atoms with Crippen molar-refractivity contribution in [2.24, 2.45) is 5.92 Å². The lowest BCUT2D eigenvalue weighted by molar-refractivity contribution is -0.140. The Labute approximate surface area is 86.4 Å². The normalized spacial score (nSPS) is 15.9. The maximum absolute atomic E-state index is 10.9. The quantitative estimate of drug-likeness (QED) is 0.584. The topological polar surface area (TPSA) is 29.5 Å². The molecule has 14 heavy (non-hydrogen) atoms. The van der Waals surface area contributed by atoms with E-state index < -0.39 is 0 Å². The summed E-state index contributed by atoms with van der Waals surface area (Å²) in [5.74, 6) is 0.848. The second-order valence-electron chi connectivity index (χ2n) is 4.02. The van der Waals surface area contributed by atoms with E-state index in [0.717, 1.165) is 25.4 Å². The van der Waals surface area contributed by atoms with E-state index in [1.807, 2.05) is 0 Å². The van der Waals surface area contributed by atoms with Crippen molar-refractivity contribution in [2.45, 2.75) is 32.6 Å². The molecular formula is C11H21NO2. The largest absolute Gasteiger partial charge is 0.469 e. The first-order valence-electron chi connectivity index (χ1n) is 5.55. The molecule has 0 bridgehead atoms. The van der Waals surface area contributed by atoms with Gasteiger partial charge in [-0.3, -0.25) is 4.79 Å². The van der Waals surface area contributed by atoms with Gasteiger partial charge in [-0.25, -0.2) is 0 Å². The molecule has 0 saturated heterocycles. The lowest BCUT2D eigenvalue weighted by Crippen LogP contribution is -2.27. The Balaban J connectivity index is 2.04. The first kappa shape index (κ1) is 11.5. The fraction of sp³-hybridized carbons (Fsp3) is 0.909. The Morgan fingerprint density at radius 3 is 2.71 bits per heavy atom. The van der Waals surface area contributed by atoms with Crippen molar-refractivity contribution < 1.29 is 9.53 Å². The van der Waals surface area contributed by atoms with Crippen LogP contribution in [0.4, 0.5) is 0 Å². The van der Waals surface area contributed by atoms with E-state index in [2.05, 4.69) is 16.6 Å². The fourth-order valence-corrected chi connectivity index (χ4v) is 1.59. The van der Waals surface area contributed by atoms with Crippen LogP contribution in [-0.4, -0.2) is 37.6 Å². The smallest absolute Gasteiger partial charge is 0.305 e. The summed E-state index contributed by atoms with van der Waals surface area (Å²) in [5, 5.41) is 0. The average Bonchev–Trinajstić information content (AvgIpc) is 2.99. The molecule has 82 valence electrons. The van der Waals surface area contributed by atoms with E-state index >= 15 is 0 Å². The minimum absolute atomic E-state index is 0.0903. The third-order valence-electron chi connectivity index (χ3n) is 2.74. The molecule has 3 nitrogen and oxygen atoms in total. The van der Waals surface area contributed by atoms with Crippen LogP contribution in [0.5, 0.6) is 0 Å². The van der Waals surface area contributed by atoms with Crippen LogP contribution < -0.4 is 0 Å². The van der Waals surface area contributed by atoms with Crippen molar-refractivity contribution in [3.8, 4) is 0 Å². The molecule has 0 aliphatic heterocycles. The van der Waals surface area contributed by atoms with Crippen LogP contribution >= 0.6 is 0 Å². The van der Waals surface area contributed by atoms with Gasteiger partial charge >= 0.3 is 5.97 Å². The van der Waals surface area contributed by atoms with E-state index in [1.54, 1.807) is 0 Å². The molecule has 0 aromatic heterocycles. The van der Waals surface area contributed by atoms with Crippen molar-refractivity contribution in [1.82, 2.24) is 4.90 Å². The van der Waals surface area contributed by atoms with Crippen molar-refractivity contribution in [3.63, 3.8) is 0 Å². The maximum atomic E-state index is 10.9. The Bertz CT molecular complexity index is 178. The number of hydrogen-bond acceptors (Lipinski definition) is 3. The van der Waals surface area contributed by atoms with Gasteiger partial charge in [-0.15, -0.1) is 0 Å². The zero-order valence-electron chi connectivity index (χ0n) is 9.29. The standard InChI is InChI=1S/C11H21NO2/c1-3-12(9-10-6-7-10)8-4-5-11(13)14-2/h10H,3-9H2,1-2H3. The summed E-state index contributed by atoms with van der Waals surface area (Å²) in [6.07, 6.45) is 4.27. The number of methoxy groups -OCH3 is 1. The van der Waals surface area contributed by atoms with E-state index in [4.69, 9.17) is 0 Å². The Hall–Kier alpha value is -0.570. The maximum Gasteiger partial charge on any atom is 0.305 e. The summed E-state index contributed by atoms with van der Waals surface area (Å²) in [4.78, 5) is 13.3. The molecule has 0 aromatic carbocycles. The number of ether oxygens (including phenoxy) is 1. The monoisotopic (exact) mass is 199 g/mol. The van der Waals surface area contributed by atoms with Crippen LogP contribution in [0.15, 0.2) is 0 Å². The summed E-state index contributed by atoms with van der Waals surface area (Å²) >= 11 is 0. The molecule has 0 radical (unpaired) electrons. The lowest BCUT2D eigenvalue weighted by Gasteiger charge is -2.19. The molecule has 0 spiro atoms. The number of hydrogen-bond donors (Lipinski definition) is 0. The highest BCUT2D eigenvalue weighted by Crippen LogP contribution is 2.29. The Kier molecular flexibility index (Phi) is 4.94. The van der Waals surface area contributed by atoms with Gasteiger partial charge in [0.15, 0.2) is 0 Å². The van der Waals surface area contributed by atoms with Crippen molar-refractivity contribution >= 4 is 5.97 Å². The number of carbonyl (C=O) groups is 1. The molecule has 1 rings (SSSR count). The third-order valence-corrected chi connectivity index (χ3v) is 2.74. The molecule has 1 fully saturated rings. The van der Waals surface area contributed by atoms with Crippen LogP contribution in [0.3, 0.4) is 0 Å². The van der Waals surface area contributed by atoms with E-state index in [-0.39, 0.29) is 5.97 Å². The van der Waals surface area contributed by atoms with Gasteiger partial charge in [-0.05, 0) is 38.3 Å². The third kappa shape index (κ3) is 4.61. The highest BCUT2D eigenvalue weighted by molar-refractivity contribution is 5.69. The molecule has 1 aliphatic rings. The van der Waals surface area contributed by atoms with Crippen LogP contribution in [0.25, 0.3) is 0 Å². The minimum Gasteiger partial charge on any atom is -0.469 e. The first-order valence-corrected chi connectivity index (χ1v) is 5.55. The molecular weight excluding hydrogens is 178 g/mol. The van der Waals surface area contributed by atoms with Gasteiger partial charge in [-0.2, -0.15) is 0 Å². The molecule has 0 N–H and O–H groups in total. The fourth-order valence-electron chi connectivity index (χ4n) is 1.59. The number of nitrogens with zero attached hydrogens (tertiary/aromatic N) is 1. The molecule has 0 unspecified atom stereocenters. The predicted molar refractivity (Wildman–Crippen MR) is 56.1 cm³/mol. The van der Waals surface area contributed by atoms with E-state index in [0.29, 0.717) is 6.42 Å². The summed E-state index contributed by atoms with van der Waals surface area (Å²) in [5.41, 5.74) is 0. The first-order chi connectivity index (χ1) is 6.76. The second kappa shape index (κ2) is 6.02. The summed E-state index contributed by atoms with van der Waals surface area (Å²) in [7, 11) is 1.45. The van der Waals surface area contributed by atoms with Gasteiger partial charge in [0.05, 0.1) is 7.11 Å². The lowest BCUT2D eigenvalue weighted by atomic mass is 10.2. The highest BCUT2D eigenvalue weighted by atomic mass is 16.5. The molecule has 0 atom stereocenters. The van der Waals surface area contributed by atoms with Crippen molar-refractivity contribution in [1.29, 1.82) is 0 Å². The molecule has 3 heteroatoms.